The van der Waals surface area contributed by atoms with Crippen molar-refractivity contribution in [1.29, 1.82) is 0 Å². The maximum Gasteiger partial charge on any atom is 0.253 e. The van der Waals surface area contributed by atoms with Crippen molar-refractivity contribution < 1.29 is 9.59 Å². The molecule has 0 aromatic heterocycles. The third-order valence-corrected chi connectivity index (χ3v) is 7.04. The van der Waals surface area contributed by atoms with Crippen LogP contribution in [0.15, 0.2) is 53.7 Å². The van der Waals surface area contributed by atoms with Crippen LogP contribution in [0.1, 0.15) is 72.5 Å². The molecule has 0 spiro atoms. The van der Waals surface area contributed by atoms with Crippen molar-refractivity contribution in [3.05, 3.63) is 70.9 Å². The number of nitrogens with two attached hydrogens (primary N) is 1. The van der Waals surface area contributed by atoms with E-state index in [1.807, 2.05) is 43.9 Å². The van der Waals surface area contributed by atoms with Crippen LogP contribution in [0.4, 0.5) is 5.69 Å². The zero-order valence-electron chi connectivity index (χ0n) is 21.4. The minimum Gasteiger partial charge on any atom is -0.404 e. The minimum atomic E-state index is -0.0143. The molecule has 1 heterocycles. The first-order chi connectivity index (χ1) is 16.9. The van der Waals surface area contributed by atoms with Gasteiger partial charge in [0, 0.05) is 55.3 Å². The van der Waals surface area contributed by atoms with Crippen LogP contribution in [-0.2, 0) is 4.79 Å². The quantitative estimate of drug-likeness (QED) is 0.503. The Morgan fingerprint density at radius 2 is 1.71 bits per heavy atom. The van der Waals surface area contributed by atoms with Crippen molar-refractivity contribution in [2.45, 2.75) is 52.4 Å². The third-order valence-electron chi connectivity index (χ3n) is 7.04. The van der Waals surface area contributed by atoms with Gasteiger partial charge >= 0.3 is 0 Å². The topological polar surface area (TPSA) is 87.8 Å². The number of hydrogen-bond donors (Lipinski definition) is 2. The largest absolute Gasteiger partial charge is 0.404 e. The number of carbonyl (C=O) groups excluding carboxylic acids is 2. The van der Waals surface area contributed by atoms with E-state index in [-0.39, 0.29) is 17.7 Å². The zero-order valence-corrected chi connectivity index (χ0v) is 21.4. The zero-order chi connectivity index (χ0) is 25.4. The van der Waals surface area contributed by atoms with Gasteiger partial charge in [0.1, 0.15) is 0 Å². The molecule has 1 saturated heterocycles. The Morgan fingerprint density at radius 3 is 2.29 bits per heavy atom. The van der Waals surface area contributed by atoms with Gasteiger partial charge in [-0.3, -0.25) is 14.6 Å². The van der Waals surface area contributed by atoms with E-state index in [0.29, 0.717) is 24.6 Å². The molecule has 2 aromatic rings. The maximum absolute atomic E-state index is 13.2. The van der Waals surface area contributed by atoms with Crippen molar-refractivity contribution in [3.8, 4) is 0 Å². The molecule has 0 bridgehead atoms. The third kappa shape index (κ3) is 6.38. The summed E-state index contributed by atoms with van der Waals surface area (Å²) in [6.07, 6.45) is 6.77. The second-order valence-electron chi connectivity index (χ2n) is 9.23. The fourth-order valence-corrected chi connectivity index (χ4v) is 4.68. The molecule has 1 fully saturated rings. The molecule has 1 aliphatic rings. The first-order valence-electron chi connectivity index (χ1n) is 12.6. The Hall–Kier alpha value is -3.41. The van der Waals surface area contributed by atoms with Crippen LogP contribution in [0.3, 0.4) is 0 Å². The molecule has 0 unspecified atom stereocenters. The van der Waals surface area contributed by atoms with E-state index in [1.54, 1.807) is 19.5 Å². The first kappa shape index (κ1) is 26.2. The highest BCUT2D eigenvalue weighted by Gasteiger charge is 2.25. The van der Waals surface area contributed by atoms with Gasteiger partial charge in [-0.1, -0.05) is 44.2 Å². The molecule has 6 heteroatoms. The Morgan fingerprint density at radius 1 is 1.09 bits per heavy atom. The summed E-state index contributed by atoms with van der Waals surface area (Å²) < 4.78 is 0. The van der Waals surface area contributed by atoms with E-state index < -0.39 is 0 Å². The predicted molar refractivity (Wildman–Crippen MR) is 145 cm³/mol. The Kier molecular flexibility index (Phi) is 9.24. The number of hydrogen-bond acceptors (Lipinski definition) is 4. The molecule has 0 aliphatic carbocycles. The van der Waals surface area contributed by atoms with E-state index in [4.69, 9.17) is 5.73 Å². The summed E-state index contributed by atoms with van der Waals surface area (Å²) in [7, 11) is 1.73. The lowest BCUT2D eigenvalue weighted by atomic mass is 9.88. The van der Waals surface area contributed by atoms with Crippen molar-refractivity contribution in [2.24, 2.45) is 16.6 Å². The van der Waals surface area contributed by atoms with Gasteiger partial charge in [-0.05, 0) is 67.3 Å². The molecule has 6 nitrogen and oxygen atoms in total. The predicted octanol–water partition coefficient (Wildman–Crippen LogP) is 5.39. The number of allylic oxidation sites excluding steroid dienone is 1. The van der Waals surface area contributed by atoms with Crippen molar-refractivity contribution in [3.63, 3.8) is 0 Å². The molecule has 35 heavy (non-hydrogen) atoms. The summed E-state index contributed by atoms with van der Waals surface area (Å²) >= 11 is 0. The van der Waals surface area contributed by atoms with Crippen LogP contribution in [0.25, 0.3) is 5.57 Å². The van der Waals surface area contributed by atoms with Crippen molar-refractivity contribution in [2.75, 3.05) is 25.5 Å². The highest BCUT2D eigenvalue weighted by molar-refractivity contribution is 6.09. The van der Waals surface area contributed by atoms with Crippen LogP contribution in [0.5, 0.6) is 0 Å². The molecule has 0 atom stereocenters. The minimum absolute atomic E-state index is 0.0143. The number of rotatable bonds is 8. The molecule has 0 radical (unpaired) electrons. The first-order valence-corrected chi connectivity index (χ1v) is 12.6. The summed E-state index contributed by atoms with van der Waals surface area (Å²) in [5, 5.41) is 3.03. The van der Waals surface area contributed by atoms with Crippen LogP contribution in [0.2, 0.25) is 0 Å². The fraction of sp³-hybridized carbons (Fsp3) is 0.414. The lowest BCUT2D eigenvalue weighted by molar-refractivity contribution is -0.120. The van der Waals surface area contributed by atoms with E-state index >= 15 is 0 Å². The average Bonchev–Trinajstić information content (AvgIpc) is 2.89. The summed E-state index contributed by atoms with van der Waals surface area (Å²) in [5.74, 6) is 0.449. The van der Waals surface area contributed by atoms with Gasteiger partial charge in [0.25, 0.3) is 5.91 Å². The van der Waals surface area contributed by atoms with Gasteiger partial charge in [-0.25, -0.2) is 0 Å². The molecule has 186 valence electrons. The van der Waals surface area contributed by atoms with Crippen molar-refractivity contribution in [1.82, 2.24) is 4.90 Å². The highest BCUT2D eigenvalue weighted by atomic mass is 16.2. The Bertz CT molecular complexity index is 1080. The standard InChI is InChI=1S/C29H38N4O2/c1-5-21(6-2)28(34)32-27-17-25(8-7-20(27)3)29(35)33-15-13-24(14-16-33)22-9-11-23(12-10-22)26(18-30)19-31-4/h7-12,17-19,21,24H,5-6,13-16,30H2,1-4H3,(H,32,34). The Labute approximate surface area is 209 Å². The van der Waals surface area contributed by atoms with E-state index in [0.717, 1.165) is 48.1 Å². The average molecular weight is 475 g/mol. The number of benzene rings is 2. The van der Waals surface area contributed by atoms with Gasteiger partial charge < -0.3 is 16.0 Å². The SMILES string of the molecule is CCC(CC)C(=O)Nc1cc(C(=O)N2CCC(c3ccc(C(C=NC)=CN)cc3)CC2)ccc1C. The van der Waals surface area contributed by atoms with Gasteiger partial charge in [-0.2, -0.15) is 0 Å². The number of nitrogens with zero attached hydrogens (tertiary/aromatic N) is 2. The molecule has 3 N–H and O–H groups in total. The fourth-order valence-electron chi connectivity index (χ4n) is 4.68. The second kappa shape index (κ2) is 12.3. The van der Waals surface area contributed by atoms with Gasteiger partial charge in [0.2, 0.25) is 5.91 Å². The number of nitrogens with one attached hydrogen (secondary N) is 1. The number of aliphatic imine (C=N–C) groups is 1. The summed E-state index contributed by atoms with van der Waals surface area (Å²) in [6, 6.07) is 14.1. The van der Waals surface area contributed by atoms with E-state index in [9.17, 15) is 9.59 Å². The normalized spacial score (nSPS) is 15.1. The summed E-state index contributed by atoms with van der Waals surface area (Å²) in [5.41, 5.74) is 11.2. The Balaban J connectivity index is 1.64. The van der Waals surface area contributed by atoms with Gasteiger partial charge in [0.05, 0.1) is 0 Å². The molecule has 2 amide bonds. The number of piperidine rings is 1. The van der Waals surface area contributed by atoms with Crippen LogP contribution in [0, 0.1) is 12.8 Å². The number of amides is 2. The monoisotopic (exact) mass is 474 g/mol. The second-order valence-corrected chi connectivity index (χ2v) is 9.23. The number of carbonyl (C=O) groups is 2. The number of likely N-dealkylation sites (tertiary alicyclic amines) is 1. The maximum atomic E-state index is 13.2. The molecule has 3 rings (SSSR count). The molecular weight excluding hydrogens is 436 g/mol. The number of anilines is 1. The molecule has 0 saturated carbocycles. The van der Waals surface area contributed by atoms with Crippen LogP contribution < -0.4 is 11.1 Å². The van der Waals surface area contributed by atoms with Gasteiger partial charge in [-0.15, -0.1) is 0 Å². The lowest BCUT2D eigenvalue weighted by Crippen LogP contribution is -2.38. The van der Waals surface area contributed by atoms with Crippen LogP contribution >= 0.6 is 0 Å². The van der Waals surface area contributed by atoms with E-state index in [2.05, 4.69) is 34.6 Å². The molecule has 1 aliphatic heterocycles. The number of aryl methyl sites for hydroxylation is 1. The smallest absolute Gasteiger partial charge is 0.253 e. The van der Waals surface area contributed by atoms with Gasteiger partial charge in [0.15, 0.2) is 0 Å². The lowest BCUT2D eigenvalue weighted by Gasteiger charge is -2.32. The van der Waals surface area contributed by atoms with Crippen LogP contribution in [-0.4, -0.2) is 43.1 Å². The summed E-state index contributed by atoms with van der Waals surface area (Å²) in [6.45, 7) is 7.42. The molecular formula is C29H38N4O2. The van der Waals surface area contributed by atoms with E-state index in [1.165, 1.54) is 5.56 Å². The molecule has 2 aromatic carbocycles. The highest BCUT2D eigenvalue weighted by Crippen LogP contribution is 2.30. The van der Waals surface area contributed by atoms with Crippen molar-refractivity contribution >= 4 is 29.3 Å². The summed E-state index contributed by atoms with van der Waals surface area (Å²) in [4.78, 5) is 31.8.